The molecule has 0 aromatic carbocycles. The van der Waals surface area contributed by atoms with Gasteiger partial charge in [0.05, 0.1) is 25.0 Å². The van der Waals surface area contributed by atoms with E-state index in [4.69, 9.17) is 9.47 Å². The second-order valence-electron chi connectivity index (χ2n) is 7.38. The fourth-order valence-electron chi connectivity index (χ4n) is 3.38. The lowest BCUT2D eigenvalue weighted by molar-refractivity contribution is -0.126. The molecule has 2 amide bonds. The lowest BCUT2D eigenvalue weighted by atomic mass is 10.0. The van der Waals surface area contributed by atoms with Crippen molar-refractivity contribution in [1.82, 2.24) is 10.6 Å². The van der Waals surface area contributed by atoms with E-state index in [9.17, 15) is 9.59 Å². The Labute approximate surface area is 145 Å². The van der Waals surface area contributed by atoms with Crippen LogP contribution in [0.4, 0.5) is 0 Å². The van der Waals surface area contributed by atoms with Crippen LogP contribution in [0.2, 0.25) is 0 Å². The maximum absolute atomic E-state index is 12.2. The zero-order valence-electron chi connectivity index (χ0n) is 15.0. The summed E-state index contributed by atoms with van der Waals surface area (Å²) < 4.78 is 11.0. The summed E-state index contributed by atoms with van der Waals surface area (Å²) in [5.41, 5.74) is 0. The number of nitrogens with one attached hydrogen (secondary N) is 2. The first-order valence-electron chi connectivity index (χ1n) is 9.32. The lowest BCUT2D eigenvalue weighted by Gasteiger charge is -2.22. The maximum Gasteiger partial charge on any atom is 0.222 e. The highest BCUT2D eigenvalue weighted by Gasteiger charge is 2.23. The van der Waals surface area contributed by atoms with Crippen LogP contribution in [0.15, 0.2) is 0 Å². The van der Waals surface area contributed by atoms with Gasteiger partial charge in [-0.2, -0.15) is 0 Å². The van der Waals surface area contributed by atoms with Gasteiger partial charge in [-0.15, -0.1) is 0 Å². The molecule has 0 saturated carbocycles. The molecular formula is C18H32N2O4. The normalized spacial score (nSPS) is 25.0. The average Bonchev–Trinajstić information content (AvgIpc) is 3.18. The van der Waals surface area contributed by atoms with E-state index >= 15 is 0 Å². The van der Waals surface area contributed by atoms with E-state index in [0.29, 0.717) is 25.3 Å². The van der Waals surface area contributed by atoms with Gasteiger partial charge in [0, 0.05) is 25.8 Å². The molecule has 2 fully saturated rings. The molecule has 2 rings (SSSR count). The van der Waals surface area contributed by atoms with E-state index in [1.54, 1.807) is 0 Å². The fraction of sp³-hybridized carbons (Fsp3) is 0.889. The maximum atomic E-state index is 12.2. The first-order chi connectivity index (χ1) is 11.5. The van der Waals surface area contributed by atoms with E-state index in [1.807, 2.05) is 0 Å². The van der Waals surface area contributed by atoms with Crippen molar-refractivity contribution in [2.45, 2.75) is 77.0 Å². The molecule has 0 spiro atoms. The van der Waals surface area contributed by atoms with Crippen molar-refractivity contribution in [1.29, 1.82) is 0 Å². The zero-order valence-corrected chi connectivity index (χ0v) is 15.0. The van der Waals surface area contributed by atoms with Crippen LogP contribution in [0, 0.1) is 5.92 Å². The van der Waals surface area contributed by atoms with Crippen LogP contribution in [0.25, 0.3) is 0 Å². The van der Waals surface area contributed by atoms with Gasteiger partial charge < -0.3 is 20.1 Å². The van der Waals surface area contributed by atoms with Crippen LogP contribution in [0.1, 0.15) is 58.8 Å². The molecule has 0 aromatic rings. The molecule has 24 heavy (non-hydrogen) atoms. The van der Waals surface area contributed by atoms with E-state index in [1.165, 1.54) is 0 Å². The van der Waals surface area contributed by atoms with Gasteiger partial charge >= 0.3 is 0 Å². The van der Waals surface area contributed by atoms with Gasteiger partial charge in [-0.25, -0.2) is 0 Å². The van der Waals surface area contributed by atoms with Crippen LogP contribution >= 0.6 is 0 Å². The number of amides is 2. The Bertz CT molecular complexity index is 402. The summed E-state index contributed by atoms with van der Waals surface area (Å²) in [4.78, 5) is 24.2. The second-order valence-corrected chi connectivity index (χ2v) is 7.38. The summed E-state index contributed by atoms with van der Waals surface area (Å²) in [7, 11) is 0. The minimum absolute atomic E-state index is 0.00373. The number of hydrogen-bond donors (Lipinski definition) is 2. The molecule has 6 heteroatoms. The summed E-state index contributed by atoms with van der Waals surface area (Å²) >= 11 is 0. The highest BCUT2D eigenvalue weighted by molar-refractivity contribution is 5.78. The Morgan fingerprint density at radius 3 is 2.08 bits per heavy atom. The molecule has 3 atom stereocenters. The number of carbonyl (C=O) groups excluding carboxylic acids is 2. The van der Waals surface area contributed by atoms with Gasteiger partial charge in [0.2, 0.25) is 11.8 Å². The van der Waals surface area contributed by atoms with Crippen molar-refractivity contribution >= 4 is 11.8 Å². The minimum atomic E-state index is -0.0349. The third kappa shape index (κ3) is 7.18. The molecule has 2 aliphatic rings. The van der Waals surface area contributed by atoms with Gasteiger partial charge in [0.25, 0.3) is 0 Å². The number of ether oxygens (including phenoxy) is 2. The molecule has 138 valence electrons. The highest BCUT2D eigenvalue weighted by Crippen LogP contribution is 2.16. The number of carbonyl (C=O) groups is 2. The van der Waals surface area contributed by atoms with Crippen molar-refractivity contribution in [3.8, 4) is 0 Å². The Hall–Kier alpha value is -1.14. The minimum Gasteiger partial charge on any atom is -0.378 e. The van der Waals surface area contributed by atoms with Gasteiger partial charge in [-0.3, -0.25) is 9.59 Å². The van der Waals surface area contributed by atoms with Crippen molar-refractivity contribution in [2.24, 2.45) is 5.92 Å². The number of rotatable bonds is 9. The van der Waals surface area contributed by atoms with Crippen LogP contribution in [-0.2, 0) is 19.1 Å². The van der Waals surface area contributed by atoms with Crippen molar-refractivity contribution < 1.29 is 19.1 Å². The Kier molecular flexibility index (Phi) is 7.99. The predicted molar refractivity (Wildman–Crippen MR) is 91.6 cm³/mol. The molecule has 3 unspecified atom stereocenters. The van der Waals surface area contributed by atoms with E-state index < -0.39 is 0 Å². The molecule has 2 saturated heterocycles. The molecule has 2 heterocycles. The van der Waals surface area contributed by atoms with Crippen LogP contribution in [0.5, 0.6) is 0 Å². The van der Waals surface area contributed by atoms with Crippen molar-refractivity contribution in [3.05, 3.63) is 0 Å². The monoisotopic (exact) mass is 340 g/mol. The SMILES string of the molecule is CC(C)CC(CNC(=O)CC1CCCO1)NC(=O)CC1CCCO1. The second kappa shape index (κ2) is 9.99. The molecule has 0 aromatic heterocycles. The first-order valence-corrected chi connectivity index (χ1v) is 9.32. The Morgan fingerprint density at radius 1 is 1.00 bits per heavy atom. The fourth-order valence-corrected chi connectivity index (χ4v) is 3.38. The third-order valence-electron chi connectivity index (χ3n) is 4.54. The summed E-state index contributed by atoms with van der Waals surface area (Å²) in [5.74, 6) is 0.470. The summed E-state index contributed by atoms with van der Waals surface area (Å²) in [6.45, 7) is 6.22. The van der Waals surface area contributed by atoms with Gasteiger partial charge in [0.15, 0.2) is 0 Å². The van der Waals surface area contributed by atoms with Gasteiger partial charge in [-0.1, -0.05) is 13.8 Å². The molecular weight excluding hydrogens is 308 g/mol. The van der Waals surface area contributed by atoms with E-state index in [-0.39, 0.29) is 30.1 Å². The topological polar surface area (TPSA) is 76.7 Å². The quantitative estimate of drug-likeness (QED) is 0.671. The van der Waals surface area contributed by atoms with E-state index in [2.05, 4.69) is 24.5 Å². The molecule has 2 aliphatic heterocycles. The molecule has 0 radical (unpaired) electrons. The summed E-state index contributed by atoms with van der Waals surface area (Å²) in [5, 5.41) is 6.01. The third-order valence-corrected chi connectivity index (χ3v) is 4.54. The average molecular weight is 340 g/mol. The molecule has 6 nitrogen and oxygen atoms in total. The lowest BCUT2D eigenvalue weighted by Crippen LogP contribution is -2.45. The van der Waals surface area contributed by atoms with E-state index in [0.717, 1.165) is 45.3 Å². The van der Waals surface area contributed by atoms with Crippen molar-refractivity contribution in [2.75, 3.05) is 19.8 Å². The molecule has 0 bridgehead atoms. The smallest absolute Gasteiger partial charge is 0.222 e. The van der Waals surface area contributed by atoms with Crippen LogP contribution in [0.3, 0.4) is 0 Å². The summed E-state index contributed by atoms with van der Waals surface area (Å²) in [6, 6.07) is -0.0349. The molecule has 2 N–H and O–H groups in total. The molecule has 0 aliphatic carbocycles. The van der Waals surface area contributed by atoms with Gasteiger partial charge in [-0.05, 0) is 38.0 Å². The van der Waals surface area contributed by atoms with Crippen molar-refractivity contribution in [3.63, 3.8) is 0 Å². The van der Waals surface area contributed by atoms with Gasteiger partial charge in [0.1, 0.15) is 0 Å². The van der Waals surface area contributed by atoms with Crippen LogP contribution in [-0.4, -0.2) is 49.8 Å². The number of hydrogen-bond acceptors (Lipinski definition) is 4. The first kappa shape index (κ1) is 19.2. The largest absolute Gasteiger partial charge is 0.378 e. The summed E-state index contributed by atoms with van der Waals surface area (Å²) in [6.07, 6.45) is 5.77. The van der Waals surface area contributed by atoms with Crippen LogP contribution < -0.4 is 10.6 Å². The highest BCUT2D eigenvalue weighted by atomic mass is 16.5. The Balaban J connectivity index is 1.72. The predicted octanol–water partition coefficient (Wildman–Crippen LogP) is 1.77. The Morgan fingerprint density at radius 2 is 1.58 bits per heavy atom. The zero-order chi connectivity index (χ0) is 17.4. The standard InChI is InChI=1S/C18H32N2O4/c1-13(2)9-14(20-18(22)11-16-6-4-8-24-16)12-19-17(21)10-15-5-3-7-23-15/h13-16H,3-12H2,1-2H3,(H,19,21)(H,20,22).